The Morgan fingerprint density at radius 2 is 1.83 bits per heavy atom. The van der Waals surface area contributed by atoms with Crippen molar-refractivity contribution in [2.75, 3.05) is 17.7 Å². The van der Waals surface area contributed by atoms with E-state index < -0.39 is 30.3 Å². The number of hydrogen-bond acceptors (Lipinski definition) is 10. The van der Waals surface area contributed by atoms with Gasteiger partial charge in [-0.3, -0.25) is 0 Å². The first kappa shape index (κ1) is 26.0. The predicted octanol–water partition coefficient (Wildman–Crippen LogP) is 4.62. The molecule has 1 saturated carbocycles. The zero-order valence-electron chi connectivity index (χ0n) is 19.1. The minimum atomic E-state index is -4.95. The second kappa shape index (κ2) is 11.3. The first-order valence-corrected chi connectivity index (χ1v) is 11.9. The number of benzene rings is 1. The molecule has 36 heavy (non-hydrogen) atoms. The molecule has 0 aliphatic heterocycles. The van der Waals surface area contributed by atoms with Crippen LogP contribution in [0.15, 0.2) is 36.5 Å². The first-order chi connectivity index (χ1) is 17.2. The summed E-state index contributed by atoms with van der Waals surface area (Å²) in [5.41, 5.74) is 0.675. The Labute approximate surface area is 207 Å². The highest BCUT2D eigenvalue weighted by molar-refractivity contribution is 7.19. The lowest BCUT2D eigenvalue weighted by Gasteiger charge is -2.28. The maximum Gasteiger partial charge on any atom is 0.573 e. The van der Waals surface area contributed by atoms with Gasteiger partial charge in [0, 0.05) is 30.8 Å². The third kappa shape index (κ3) is 6.77. The van der Waals surface area contributed by atoms with Gasteiger partial charge in [0.15, 0.2) is 6.23 Å². The summed E-state index contributed by atoms with van der Waals surface area (Å²) in [6.45, 7) is 0. The summed E-state index contributed by atoms with van der Waals surface area (Å²) >= 11 is 1.14. The van der Waals surface area contributed by atoms with Gasteiger partial charge in [-0.15, -0.1) is 23.4 Å². The van der Waals surface area contributed by atoms with Gasteiger partial charge in [-0.2, -0.15) is 10.2 Å². The van der Waals surface area contributed by atoms with Crippen molar-refractivity contribution in [3.8, 4) is 5.75 Å². The minimum Gasteiger partial charge on any atom is -0.406 e. The molecule has 3 N–H and O–H groups in total. The van der Waals surface area contributed by atoms with Gasteiger partial charge in [-0.1, -0.05) is 11.3 Å². The van der Waals surface area contributed by atoms with Crippen LogP contribution in [0.3, 0.4) is 0 Å². The van der Waals surface area contributed by atoms with Crippen LogP contribution in [0.1, 0.15) is 49.0 Å². The lowest BCUT2D eigenvalue weighted by atomic mass is 9.84. The summed E-state index contributed by atoms with van der Waals surface area (Å²) in [5.74, 6) is -1.14. The van der Waals surface area contributed by atoms with Crippen LogP contribution in [-0.2, 0) is 4.74 Å². The second-order valence-electron chi connectivity index (χ2n) is 8.23. The van der Waals surface area contributed by atoms with E-state index in [0.717, 1.165) is 60.9 Å². The quantitative estimate of drug-likeness (QED) is 0.270. The Kier molecular flexibility index (Phi) is 8.16. The molecule has 2 aromatic heterocycles. The Balaban J connectivity index is 1.34. The lowest BCUT2D eigenvalue weighted by molar-refractivity contribution is -0.274. The molecular formula is C22H24F4N6O3S. The van der Waals surface area contributed by atoms with E-state index in [2.05, 4.69) is 35.8 Å². The fourth-order valence-electron chi connectivity index (χ4n) is 4.14. The minimum absolute atomic E-state index is 0.195. The monoisotopic (exact) mass is 528 g/mol. The van der Waals surface area contributed by atoms with E-state index in [1.54, 1.807) is 6.20 Å². The third-order valence-electron chi connectivity index (χ3n) is 5.81. The molecule has 1 aliphatic rings. The van der Waals surface area contributed by atoms with Crippen LogP contribution in [0.25, 0.3) is 0 Å². The van der Waals surface area contributed by atoms with Crippen molar-refractivity contribution in [3.05, 3.63) is 53.6 Å². The summed E-state index contributed by atoms with van der Waals surface area (Å²) in [6, 6.07) is 6.53. The summed E-state index contributed by atoms with van der Waals surface area (Å²) in [6.07, 6.45) is -2.44. The second-order valence-corrected chi connectivity index (χ2v) is 9.21. The van der Waals surface area contributed by atoms with E-state index in [0.29, 0.717) is 11.0 Å². The van der Waals surface area contributed by atoms with Crippen LogP contribution < -0.4 is 15.4 Å². The molecule has 1 aliphatic carbocycles. The van der Waals surface area contributed by atoms with Crippen molar-refractivity contribution in [2.45, 2.75) is 56.3 Å². The molecular weight excluding hydrogens is 504 g/mol. The highest BCUT2D eigenvalue weighted by Gasteiger charge is 2.33. The summed E-state index contributed by atoms with van der Waals surface area (Å²) < 4.78 is 60.9. The van der Waals surface area contributed by atoms with E-state index in [-0.39, 0.29) is 16.7 Å². The van der Waals surface area contributed by atoms with Gasteiger partial charge in [0.25, 0.3) is 0 Å². The number of halogens is 4. The number of hydrogen-bond donors (Lipinski definition) is 3. The largest absolute Gasteiger partial charge is 0.573 e. The number of methoxy groups -OCH3 is 1. The normalized spacial score (nSPS) is 19.9. The van der Waals surface area contributed by atoms with Crippen molar-refractivity contribution >= 4 is 21.6 Å². The smallest absolute Gasteiger partial charge is 0.406 e. The molecule has 2 atom stereocenters. The molecule has 0 amide bonds. The van der Waals surface area contributed by atoms with Crippen LogP contribution in [-0.4, -0.2) is 51.2 Å². The zero-order chi connectivity index (χ0) is 25.7. The average Bonchev–Trinajstić information content (AvgIpc) is 3.28. The topological polar surface area (TPSA) is 114 Å². The number of aliphatic hydroxyl groups excluding tert-OH is 1. The molecule has 0 saturated heterocycles. The number of ether oxygens (including phenoxy) is 2. The fraction of sp³-hybridized carbons (Fsp3) is 0.455. The fourth-order valence-corrected chi connectivity index (χ4v) is 4.90. The Hall–Kier alpha value is -3.10. The van der Waals surface area contributed by atoms with Crippen molar-refractivity contribution in [2.24, 2.45) is 0 Å². The van der Waals surface area contributed by atoms with Crippen LogP contribution in [0.2, 0.25) is 0 Å². The molecule has 0 radical (unpaired) electrons. The average molecular weight is 529 g/mol. The van der Waals surface area contributed by atoms with Gasteiger partial charge < -0.3 is 25.2 Å². The molecule has 3 aromatic rings. The van der Waals surface area contributed by atoms with E-state index in [4.69, 9.17) is 4.74 Å². The van der Waals surface area contributed by atoms with Crippen LogP contribution in [0, 0.1) is 5.82 Å². The third-order valence-corrected chi connectivity index (χ3v) is 6.60. The zero-order valence-corrected chi connectivity index (χ0v) is 19.9. The molecule has 4 rings (SSSR count). The van der Waals surface area contributed by atoms with Gasteiger partial charge in [0.05, 0.1) is 5.69 Å². The Bertz CT molecular complexity index is 1130. The number of nitrogens with zero attached hydrogens (tertiary/aromatic N) is 4. The summed E-state index contributed by atoms with van der Waals surface area (Å²) in [5, 5.41) is 33.5. The van der Waals surface area contributed by atoms with Crippen molar-refractivity contribution in [1.82, 2.24) is 20.4 Å². The molecule has 194 valence electrons. The number of nitrogens with one attached hydrogen (secondary N) is 2. The number of aromatic nitrogens is 4. The van der Waals surface area contributed by atoms with Crippen molar-refractivity contribution in [3.63, 3.8) is 0 Å². The van der Waals surface area contributed by atoms with E-state index >= 15 is 0 Å². The number of anilines is 2. The van der Waals surface area contributed by atoms with E-state index in [1.807, 2.05) is 12.1 Å². The van der Waals surface area contributed by atoms with Crippen LogP contribution >= 0.6 is 11.3 Å². The van der Waals surface area contributed by atoms with Gasteiger partial charge in [-0.25, -0.2) is 4.39 Å². The number of alkyl halides is 3. The summed E-state index contributed by atoms with van der Waals surface area (Å²) in [4.78, 5) is 0. The number of rotatable bonds is 9. The van der Waals surface area contributed by atoms with Gasteiger partial charge in [-0.05, 0) is 56.0 Å². The highest BCUT2D eigenvalue weighted by atomic mass is 32.1. The first-order valence-electron chi connectivity index (χ1n) is 11.1. The standard InChI is InChI=1S/C22H24F4N6O3S/c1-34-18(15-11-14(8-9-16(15)23)35-22(24,25)26)19(33)29-21-32-31-20(36-21)28-13-6-4-12(5-7-13)17-3-2-10-27-30-17/h2-3,8-13,18-19,33H,4-7H2,1H3,(H,28,31)(H,29,32)/t12-,13-,18-,19?/m0/s1. The molecule has 1 aromatic carbocycles. The van der Waals surface area contributed by atoms with Gasteiger partial charge >= 0.3 is 6.36 Å². The van der Waals surface area contributed by atoms with E-state index in [9.17, 15) is 22.7 Å². The van der Waals surface area contributed by atoms with Crippen LogP contribution in [0.4, 0.5) is 27.8 Å². The highest BCUT2D eigenvalue weighted by Crippen LogP contribution is 2.34. The molecule has 14 heteroatoms. The van der Waals surface area contributed by atoms with Gasteiger partial charge in [0.2, 0.25) is 10.3 Å². The maximum absolute atomic E-state index is 14.3. The predicted molar refractivity (Wildman–Crippen MR) is 123 cm³/mol. The SMILES string of the molecule is CO[C@@H](c1cc(OC(F)(F)F)ccc1F)C(O)Nc1nnc(N[C@H]2CC[C@H](c3cccnn3)CC2)s1. The molecule has 0 spiro atoms. The Morgan fingerprint density at radius 3 is 2.50 bits per heavy atom. The van der Waals surface area contributed by atoms with E-state index in [1.165, 1.54) is 7.11 Å². The Morgan fingerprint density at radius 1 is 1.08 bits per heavy atom. The molecule has 9 nitrogen and oxygen atoms in total. The molecule has 1 unspecified atom stereocenters. The molecule has 2 heterocycles. The molecule has 0 bridgehead atoms. The summed E-state index contributed by atoms with van der Waals surface area (Å²) in [7, 11) is 1.19. The van der Waals surface area contributed by atoms with Crippen LogP contribution in [0.5, 0.6) is 5.75 Å². The van der Waals surface area contributed by atoms with Crippen molar-refractivity contribution in [1.29, 1.82) is 0 Å². The maximum atomic E-state index is 14.3. The van der Waals surface area contributed by atoms with Crippen molar-refractivity contribution < 1.29 is 32.1 Å². The lowest BCUT2D eigenvalue weighted by Crippen LogP contribution is -2.29. The number of aliphatic hydroxyl groups is 1. The van der Waals surface area contributed by atoms with Gasteiger partial charge in [0.1, 0.15) is 17.7 Å². The molecule has 1 fully saturated rings.